The lowest BCUT2D eigenvalue weighted by Gasteiger charge is -2.08. The highest BCUT2D eigenvalue weighted by Crippen LogP contribution is 2.13. The van der Waals surface area contributed by atoms with Crippen molar-refractivity contribution in [1.82, 2.24) is 9.78 Å². The molecule has 62 valence electrons. The van der Waals surface area contributed by atoms with Crippen LogP contribution in [-0.2, 0) is 0 Å². The molecule has 0 aliphatic rings. The van der Waals surface area contributed by atoms with E-state index in [2.05, 4.69) is 24.4 Å². The molecule has 0 aromatic carbocycles. The largest absolute Gasteiger partial charge is 0.309 e. The normalized spacial score (nSPS) is 10.6. The summed E-state index contributed by atoms with van der Waals surface area (Å²) in [7, 11) is 0. The first-order valence-electron chi connectivity index (χ1n) is 3.68. The smallest absolute Gasteiger partial charge is 0.138 e. The second-order valence-electron chi connectivity index (χ2n) is 2.85. The van der Waals surface area contributed by atoms with Crippen LogP contribution in [0.15, 0.2) is 6.07 Å². The molecule has 1 heterocycles. The van der Waals surface area contributed by atoms with Gasteiger partial charge in [0.15, 0.2) is 0 Å². The molecule has 0 saturated carbocycles. The van der Waals surface area contributed by atoms with Crippen molar-refractivity contribution in [2.75, 3.05) is 5.43 Å². The fourth-order valence-corrected chi connectivity index (χ4v) is 1.02. The Morgan fingerprint density at radius 1 is 1.64 bits per heavy atom. The third-order valence-corrected chi connectivity index (χ3v) is 1.49. The maximum absolute atomic E-state index is 5.29. The van der Waals surface area contributed by atoms with Crippen molar-refractivity contribution in [3.05, 3.63) is 11.8 Å². The molecule has 1 aromatic rings. The molecule has 3 N–H and O–H groups in total. The molecule has 0 fully saturated rings. The highest BCUT2D eigenvalue weighted by atomic mass is 15.4. The lowest BCUT2D eigenvalue weighted by molar-refractivity contribution is 0.534. The number of nitrogens with zero attached hydrogens (tertiary/aromatic N) is 2. The molecule has 0 atom stereocenters. The molecule has 0 bridgehead atoms. The summed E-state index contributed by atoms with van der Waals surface area (Å²) in [5.74, 6) is 6.15. The molecular formula is C7H14N4. The number of rotatable bonds is 2. The number of hydrogen-bond donors (Lipinski definition) is 2. The van der Waals surface area contributed by atoms with Crippen molar-refractivity contribution in [3.8, 4) is 0 Å². The Morgan fingerprint density at radius 2 is 2.27 bits per heavy atom. The third-order valence-electron chi connectivity index (χ3n) is 1.49. The third kappa shape index (κ3) is 1.51. The Labute approximate surface area is 66.4 Å². The number of hydrazine groups is 1. The Morgan fingerprint density at radius 3 is 2.64 bits per heavy atom. The zero-order valence-electron chi connectivity index (χ0n) is 7.13. The van der Waals surface area contributed by atoms with Crippen molar-refractivity contribution in [1.29, 1.82) is 0 Å². The van der Waals surface area contributed by atoms with Gasteiger partial charge in [-0.3, -0.25) is 0 Å². The van der Waals surface area contributed by atoms with Gasteiger partial charge in [0, 0.05) is 12.1 Å². The SMILES string of the molecule is Cc1cc(NN)n(C(C)C)n1. The monoisotopic (exact) mass is 154 g/mol. The summed E-state index contributed by atoms with van der Waals surface area (Å²) in [6, 6.07) is 2.26. The highest BCUT2D eigenvalue weighted by Gasteiger charge is 2.05. The average Bonchev–Trinajstić information content (AvgIpc) is 2.30. The number of nitrogens with one attached hydrogen (secondary N) is 1. The van der Waals surface area contributed by atoms with Gasteiger partial charge >= 0.3 is 0 Å². The summed E-state index contributed by atoms with van der Waals surface area (Å²) >= 11 is 0. The first kappa shape index (κ1) is 8.07. The van der Waals surface area contributed by atoms with Gasteiger partial charge in [0.1, 0.15) is 5.82 Å². The number of aryl methyl sites for hydroxylation is 1. The number of anilines is 1. The lowest BCUT2D eigenvalue weighted by atomic mass is 10.4. The van der Waals surface area contributed by atoms with Crippen LogP contribution in [0.3, 0.4) is 0 Å². The first-order valence-corrected chi connectivity index (χ1v) is 3.68. The predicted octanol–water partition coefficient (Wildman–Crippen LogP) is 1.06. The fourth-order valence-electron chi connectivity index (χ4n) is 1.02. The lowest BCUT2D eigenvalue weighted by Crippen LogP contribution is -2.14. The van der Waals surface area contributed by atoms with E-state index in [9.17, 15) is 0 Å². The molecule has 4 heteroatoms. The molecule has 0 aliphatic carbocycles. The summed E-state index contributed by atoms with van der Waals surface area (Å²) in [6.07, 6.45) is 0. The van der Waals surface area contributed by atoms with E-state index in [1.807, 2.05) is 17.7 Å². The van der Waals surface area contributed by atoms with Crippen molar-refractivity contribution in [3.63, 3.8) is 0 Å². The van der Waals surface area contributed by atoms with Gasteiger partial charge in [-0.2, -0.15) is 5.10 Å². The zero-order chi connectivity index (χ0) is 8.43. The van der Waals surface area contributed by atoms with E-state index in [-0.39, 0.29) is 0 Å². The fraction of sp³-hybridized carbons (Fsp3) is 0.571. The van der Waals surface area contributed by atoms with Crippen LogP contribution in [0.1, 0.15) is 25.6 Å². The quantitative estimate of drug-likeness (QED) is 0.494. The second-order valence-corrected chi connectivity index (χ2v) is 2.85. The maximum Gasteiger partial charge on any atom is 0.138 e. The number of hydrogen-bond acceptors (Lipinski definition) is 3. The number of nitrogen functional groups attached to an aromatic ring is 1. The minimum absolute atomic E-state index is 0.342. The van der Waals surface area contributed by atoms with Crippen molar-refractivity contribution >= 4 is 5.82 Å². The summed E-state index contributed by atoms with van der Waals surface area (Å²) in [4.78, 5) is 0. The highest BCUT2D eigenvalue weighted by molar-refractivity contribution is 5.35. The van der Waals surface area contributed by atoms with Crippen molar-refractivity contribution < 1.29 is 0 Å². The standard InChI is InChI=1S/C7H14N4/c1-5(2)11-7(9-8)4-6(3)10-11/h4-5,9H,8H2,1-3H3. The predicted molar refractivity (Wildman–Crippen MR) is 45.2 cm³/mol. The maximum atomic E-state index is 5.29. The number of aromatic nitrogens is 2. The Kier molecular flexibility index (Phi) is 2.14. The molecule has 0 spiro atoms. The van der Waals surface area contributed by atoms with E-state index >= 15 is 0 Å². The molecule has 4 nitrogen and oxygen atoms in total. The van der Waals surface area contributed by atoms with Crippen LogP contribution in [0.25, 0.3) is 0 Å². The van der Waals surface area contributed by atoms with Crippen LogP contribution < -0.4 is 11.3 Å². The summed E-state index contributed by atoms with van der Waals surface area (Å²) < 4.78 is 1.86. The van der Waals surface area contributed by atoms with Gasteiger partial charge in [-0.25, -0.2) is 10.5 Å². The van der Waals surface area contributed by atoms with Crippen LogP contribution in [0.5, 0.6) is 0 Å². The van der Waals surface area contributed by atoms with Crippen LogP contribution in [0, 0.1) is 6.92 Å². The summed E-state index contributed by atoms with van der Waals surface area (Å²) in [6.45, 7) is 6.07. The molecule has 1 rings (SSSR count). The van der Waals surface area contributed by atoms with Gasteiger partial charge in [0.05, 0.1) is 5.69 Å². The summed E-state index contributed by atoms with van der Waals surface area (Å²) in [5, 5.41) is 4.26. The first-order chi connectivity index (χ1) is 5.15. The van der Waals surface area contributed by atoms with Crippen LogP contribution in [0.2, 0.25) is 0 Å². The van der Waals surface area contributed by atoms with Crippen molar-refractivity contribution in [2.45, 2.75) is 26.8 Å². The van der Waals surface area contributed by atoms with Gasteiger partial charge in [-0.05, 0) is 20.8 Å². The number of nitrogens with two attached hydrogens (primary N) is 1. The van der Waals surface area contributed by atoms with Crippen LogP contribution in [-0.4, -0.2) is 9.78 Å². The van der Waals surface area contributed by atoms with Crippen LogP contribution in [0.4, 0.5) is 5.82 Å². The van der Waals surface area contributed by atoms with Gasteiger partial charge in [-0.15, -0.1) is 0 Å². The molecule has 0 unspecified atom stereocenters. The summed E-state index contributed by atoms with van der Waals surface area (Å²) in [5.41, 5.74) is 3.58. The van der Waals surface area contributed by atoms with E-state index in [1.54, 1.807) is 0 Å². The van der Waals surface area contributed by atoms with Gasteiger partial charge in [-0.1, -0.05) is 0 Å². The van der Waals surface area contributed by atoms with Crippen LogP contribution >= 0.6 is 0 Å². The van der Waals surface area contributed by atoms with E-state index in [1.165, 1.54) is 0 Å². The van der Waals surface area contributed by atoms with E-state index in [4.69, 9.17) is 5.84 Å². The van der Waals surface area contributed by atoms with Gasteiger partial charge < -0.3 is 5.43 Å². The molecule has 11 heavy (non-hydrogen) atoms. The minimum atomic E-state index is 0.342. The molecule has 0 saturated heterocycles. The average molecular weight is 154 g/mol. The van der Waals surface area contributed by atoms with E-state index in [0.29, 0.717) is 6.04 Å². The zero-order valence-corrected chi connectivity index (χ0v) is 7.13. The van der Waals surface area contributed by atoms with E-state index < -0.39 is 0 Å². The topological polar surface area (TPSA) is 55.9 Å². The van der Waals surface area contributed by atoms with Crippen molar-refractivity contribution in [2.24, 2.45) is 5.84 Å². The molecular weight excluding hydrogens is 140 g/mol. The molecule has 1 aromatic heterocycles. The second kappa shape index (κ2) is 2.92. The molecule has 0 radical (unpaired) electrons. The molecule has 0 amide bonds. The Bertz CT molecular complexity index is 239. The van der Waals surface area contributed by atoms with Gasteiger partial charge in [0.2, 0.25) is 0 Å². The van der Waals surface area contributed by atoms with E-state index in [0.717, 1.165) is 11.5 Å². The Balaban J connectivity index is 3.02. The van der Waals surface area contributed by atoms with Gasteiger partial charge in [0.25, 0.3) is 0 Å². The minimum Gasteiger partial charge on any atom is -0.309 e. The Hall–Kier alpha value is -1.03. The molecule has 0 aliphatic heterocycles.